The summed E-state index contributed by atoms with van der Waals surface area (Å²) >= 11 is 0. The van der Waals surface area contributed by atoms with E-state index in [1.807, 2.05) is 19.9 Å². The first-order valence-corrected chi connectivity index (χ1v) is 7.60. The third-order valence-electron chi connectivity index (χ3n) is 4.33. The molecule has 2 rings (SSSR count). The Kier molecular flexibility index (Phi) is 5.02. The monoisotopic (exact) mass is 292 g/mol. The highest BCUT2D eigenvalue weighted by molar-refractivity contribution is 5.97. The van der Waals surface area contributed by atoms with E-state index in [2.05, 4.69) is 0 Å². The van der Waals surface area contributed by atoms with Crippen LogP contribution in [0.4, 0.5) is 0 Å². The Hall–Kier alpha value is -1.38. The van der Waals surface area contributed by atoms with Crippen molar-refractivity contribution in [2.24, 2.45) is 5.92 Å². The molecule has 2 aliphatic heterocycles. The molecule has 0 aromatic heterocycles. The number of amides is 1. The summed E-state index contributed by atoms with van der Waals surface area (Å²) in [5, 5.41) is 9.18. The number of hydrogen-bond acceptors (Lipinski definition) is 4. The molecule has 5 nitrogen and oxygen atoms in total. The molecule has 1 amide bonds. The number of carbonyl (C=O) groups excluding carboxylic acids is 1. The van der Waals surface area contributed by atoms with Crippen molar-refractivity contribution in [1.29, 1.82) is 5.26 Å². The fourth-order valence-corrected chi connectivity index (χ4v) is 3.25. The van der Waals surface area contributed by atoms with E-state index in [-0.39, 0.29) is 29.1 Å². The van der Waals surface area contributed by atoms with E-state index >= 15 is 0 Å². The van der Waals surface area contributed by atoms with Crippen LogP contribution in [0.2, 0.25) is 0 Å². The summed E-state index contributed by atoms with van der Waals surface area (Å²) in [6, 6.07) is 2.02. The molecule has 0 aromatic carbocycles. The van der Waals surface area contributed by atoms with Crippen LogP contribution in [0.5, 0.6) is 0 Å². The summed E-state index contributed by atoms with van der Waals surface area (Å²) in [6.45, 7) is 5.80. The zero-order chi connectivity index (χ0) is 15.5. The van der Waals surface area contributed by atoms with Gasteiger partial charge in [0.25, 0.3) is 5.91 Å². The molecule has 2 atom stereocenters. The predicted octanol–water partition coefficient (Wildman–Crippen LogP) is 1.89. The molecule has 2 fully saturated rings. The number of nitrogens with zero attached hydrogens (tertiary/aromatic N) is 2. The second-order valence-electron chi connectivity index (χ2n) is 6.18. The molecule has 2 saturated heterocycles. The molecular formula is C16H24N2O3. The number of rotatable bonds is 3. The van der Waals surface area contributed by atoms with Crippen molar-refractivity contribution in [2.75, 3.05) is 26.8 Å². The van der Waals surface area contributed by atoms with Gasteiger partial charge in [-0.15, -0.1) is 0 Å². The number of piperidine rings is 1. The van der Waals surface area contributed by atoms with Crippen molar-refractivity contribution in [2.45, 2.75) is 44.8 Å². The fourth-order valence-electron chi connectivity index (χ4n) is 3.25. The van der Waals surface area contributed by atoms with Gasteiger partial charge >= 0.3 is 0 Å². The Balaban J connectivity index is 2.10. The minimum absolute atomic E-state index is 0.114. The molecule has 5 heteroatoms. The highest BCUT2D eigenvalue weighted by atomic mass is 16.5. The molecule has 2 heterocycles. The van der Waals surface area contributed by atoms with Gasteiger partial charge in [-0.1, -0.05) is 19.9 Å². The molecule has 2 aliphatic rings. The van der Waals surface area contributed by atoms with E-state index in [1.54, 1.807) is 18.1 Å². The molecule has 0 radical (unpaired) electrons. The van der Waals surface area contributed by atoms with E-state index < -0.39 is 0 Å². The van der Waals surface area contributed by atoms with Crippen molar-refractivity contribution < 1.29 is 14.3 Å². The van der Waals surface area contributed by atoms with Gasteiger partial charge in [-0.05, 0) is 25.2 Å². The van der Waals surface area contributed by atoms with Gasteiger partial charge in [-0.2, -0.15) is 5.26 Å². The summed E-state index contributed by atoms with van der Waals surface area (Å²) < 4.78 is 11.5. The van der Waals surface area contributed by atoms with Gasteiger partial charge in [0.15, 0.2) is 0 Å². The van der Waals surface area contributed by atoms with E-state index in [9.17, 15) is 10.1 Å². The van der Waals surface area contributed by atoms with Gasteiger partial charge in [-0.25, -0.2) is 0 Å². The number of carbonyl (C=O) groups is 1. The molecule has 0 N–H and O–H groups in total. The summed E-state index contributed by atoms with van der Waals surface area (Å²) in [6.07, 6.45) is 4.42. The van der Waals surface area contributed by atoms with Crippen LogP contribution >= 0.6 is 0 Å². The van der Waals surface area contributed by atoms with Gasteiger partial charge in [0.05, 0.1) is 12.1 Å². The standard InChI is InChI=1S/C16H24N2O3/c1-12(2)9-13(10-17)15(19)18-7-6-16(5-4-8-21-16)14(11-18)20-3/h9,12,14H,4-8,11H2,1-3H3/b13-9+/t14-,16+/m1/s1. The maximum atomic E-state index is 12.5. The minimum atomic E-state index is -0.236. The third-order valence-corrected chi connectivity index (χ3v) is 4.33. The van der Waals surface area contributed by atoms with Crippen molar-refractivity contribution in [1.82, 2.24) is 4.90 Å². The molecule has 0 unspecified atom stereocenters. The van der Waals surface area contributed by atoms with Crippen LogP contribution in [0, 0.1) is 17.2 Å². The number of allylic oxidation sites excluding steroid dienone is 1. The van der Waals surface area contributed by atoms with Gasteiger partial charge < -0.3 is 14.4 Å². The van der Waals surface area contributed by atoms with Crippen molar-refractivity contribution in [3.63, 3.8) is 0 Å². The number of methoxy groups -OCH3 is 1. The lowest BCUT2D eigenvalue weighted by Crippen LogP contribution is -2.57. The second-order valence-corrected chi connectivity index (χ2v) is 6.18. The zero-order valence-electron chi connectivity index (χ0n) is 13.1. The maximum Gasteiger partial charge on any atom is 0.264 e. The molecule has 21 heavy (non-hydrogen) atoms. The van der Waals surface area contributed by atoms with E-state index in [4.69, 9.17) is 9.47 Å². The van der Waals surface area contributed by atoms with E-state index in [1.165, 1.54) is 0 Å². The zero-order valence-corrected chi connectivity index (χ0v) is 13.1. The van der Waals surface area contributed by atoms with Crippen LogP contribution in [0.25, 0.3) is 0 Å². The SMILES string of the molecule is CO[C@@H]1CN(C(=O)/C(C#N)=C/C(C)C)CC[C@@]12CCCO2. The molecule has 116 valence electrons. The molecule has 0 saturated carbocycles. The van der Waals surface area contributed by atoms with Crippen LogP contribution in [0.15, 0.2) is 11.6 Å². The van der Waals surface area contributed by atoms with E-state index in [0.717, 1.165) is 25.9 Å². The first-order chi connectivity index (χ1) is 10.0. The minimum Gasteiger partial charge on any atom is -0.377 e. The average molecular weight is 292 g/mol. The Morgan fingerprint density at radius 2 is 2.29 bits per heavy atom. The van der Waals surface area contributed by atoms with Crippen LogP contribution in [0.1, 0.15) is 33.1 Å². The van der Waals surface area contributed by atoms with Gasteiger partial charge in [-0.3, -0.25) is 4.79 Å². The summed E-state index contributed by atoms with van der Waals surface area (Å²) in [4.78, 5) is 14.2. The lowest BCUT2D eigenvalue weighted by atomic mass is 9.85. The fraction of sp³-hybridized carbons (Fsp3) is 0.750. The Labute approximate surface area is 126 Å². The van der Waals surface area contributed by atoms with Gasteiger partial charge in [0, 0.05) is 20.3 Å². The molecule has 1 spiro atoms. The van der Waals surface area contributed by atoms with Crippen molar-refractivity contribution in [3.8, 4) is 6.07 Å². The van der Waals surface area contributed by atoms with Crippen LogP contribution in [-0.4, -0.2) is 49.3 Å². The highest BCUT2D eigenvalue weighted by Gasteiger charge is 2.47. The van der Waals surface area contributed by atoms with Gasteiger partial charge in [0.2, 0.25) is 0 Å². The first kappa shape index (κ1) is 16.0. The van der Waals surface area contributed by atoms with Crippen LogP contribution in [-0.2, 0) is 14.3 Å². The third kappa shape index (κ3) is 3.28. The van der Waals surface area contributed by atoms with Gasteiger partial charge in [0.1, 0.15) is 17.7 Å². The van der Waals surface area contributed by atoms with E-state index in [0.29, 0.717) is 13.1 Å². The quantitative estimate of drug-likeness (QED) is 0.588. The lowest BCUT2D eigenvalue weighted by Gasteiger charge is -2.44. The first-order valence-electron chi connectivity index (χ1n) is 7.60. The Morgan fingerprint density at radius 1 is 1.52 bits per heavy atom. The normalized spacial score (nSPS) is 30.0. The molecular weight excluding hydrogens is 268 g/mol. The Bertz CT molecular complexity index is 459. The topological polar surface area (TPSA) is 62.6 Å². The number of ether oxygens (including phenoxy) is 2. The largest absolute Gasteiger partial charge is 0.377 e. The Morgan fingerprint density at radius 3 is 2.81 bits per heavy atom. The number of likely N-dealkylation sites (tertiary alicyclic amines) is 1. The highest BCUT2D eigenvalue weighted by Crippen LogP contribution is 2.37. The van der Waals surface area contributed by atoms with Crippen molar-refractivity contribution in [3.05, 3.63) is 11.6 Å². The van der Waals surface area contributed by atoms with Crippen LogP contribution in [0.3, 0.4) is 0 Å². The number of hydrogen-bond donors (Lipinski definition) is 0. The molecule has 0 bridgehead atoms. The second kappa shape index (κ2) is 6.59. The lowest BCUT2D eigenvalue weighted by molar-refractivity contribution is -0.155. The molecule has 0 aliphatic carbocycles. The predicted molar refractivity (Wildman–Crippen MR) is 78.4 cm³/mol. The summed E-state index contributed by atoms with van der Waals surface area (Å²) in [5.74, 6) is -0.0165. The summed E-state index contributed by atoms with van der Waals surface area (Å²) in [5.41, 5.74) is -0.0109. The summed E-state index contributed by atoms with van der Waals surface area (Å²) in [7, 11) is 1.66. The number of nitriles is 1. The van der Waals surface area contributed by atoms with Crippen molar-refractivity contribution >= 4 is 5.91 Å². The smallest absolute Gasteiger partial charge is 0.264 e. The van der Waals surface area contributed by atoms with Crippen LogP contribution < -0.4 is 0 Å². The molecule has 0 aromatic rings. The maximum absolute atomic E-state index is 12.5. The average Bonchev–Trinajstić information content (AvgIpc) is 2.93.